The van der Waals surface area contributed by atoms with Crippen molar-refractivity contribution < 1.29 is 9.59 Å². The first-order valence-electron chi connectivity index (χ1n) is 12.9. The number of aliphatic imine (C=N–C) groups is 1. The highest BCUT2D eigenvalue weighted by Crippen LogP contribution is 2.20. The lowest BCUT2D eigenvalue weighted by molar-refractivity contribution is -0.117. The number of likely N-dealkylation sites (N-methyl/N-ethyl adjacent to an activating group) is 3. The van der Waals surface area contributed by atoms with Gasteiger partial charge in [0.05, 0.1) is 0 Å². The van der Waals surface area contributed by atoms with Crippen molar-refractivity contribution >= 4 is 29.2 Å². The van der Waals surface area contributed by atoms with E-state index in [0.717, 1.165) is 43.1 Å². The Balaban J connectivity index is 2.19. The van der Waals surface area contributed by atoms with Gasteiger partial charge >= 0.3 is 0 Å². The van der Waals surface area contributed by atoms with E-state index >= 15 is 0 Å². The van der Waals surface area contributed by atoms with Gasteiger partial charge in [-0.2, -0.15) is 0 Å². The molecule has 0 bridgehead atoms. The SMILES string of the molecule is C=C=C(N=C(C(C)=CC(=O)NCC(C(=O)NCC)=C(C)CC)N(C)N)c1ccc(N2CCN(C)CC2)nc1. The molecule has 0 atom stereocenters. The minimum absolute atomic E-state index is 0.127. The zero-order valence-electron chi connectivity index (χ0n) is 23.6. The molecule has 1 aliphatic rings. The van der Waals surface area contributed by atoms with Crippen LogP contribution >= 0.6 is 0 Å². The average molecular weight is 523 g/mol. The molecule has 10 nitrogen and oxygen atoms in total. The minimum Gasteiger partial charge on any atom is -0.354 e. The van der Waals surface area contributed by atoms with Crippen LogP contribution in [-0.2, 0) is 9.59 Å². The summed E-state index contributed by atoms with van der Waals surface area (Å²) in [5.74, 6) is 6.82. The summed E-state index contributed by atoms with van der Waals surface area (Å²) in [7, 11) is 3.76. The number of hydrazine groups is 1. The quantitative estimate of drug-likeness (QED) is 0.108. The van der Waals surface area contributed by atoms with Crippen LogP contribution < -0.4 is 21.4 Å². The van der Waals surface area contributed by atoms with E-state index in [9.17, 15) is 9.59 Å². The minimum atomic E-state index is -0.356. The second-order valence-electron chi connectivity index (χ2n) is 9.28. The summed E-state index contributed by atoms with van der Waals surface area (Å²) in [6.07, 6.45) is 3.87. The van der Waals surface area contributed by atoms with Crippen LogP contribution in [0, 0.1) is 0 Å². The van der Waals surface area contributed by atoms with Gasteiger partial charge in [0.1, 0.15) is 17.4 Å². The highest BCUT2D eigenvalue weighted by molar-refractivity contribution is 6.05. The predicted molar refractivity (Wildman–Crippen MR) is 154 cm³/mol. The normalized spacial score (nSPS) is 15.4. The van der Waals surface area contributed by atoms with E-state index < -0.39 is 0 Å². The monoisotopic (exact) mass is 522 g/mol. The molecule has 1 saturated heterocycles. The molecule has 10 heteroatoms. The van der Waals surface area contributed by atoms with Crippen LogP contribution in [0.15, 0.2) is 58.4 Å². The van der Waals surface area contributed by atoms with Crippen LogP contribution in [0.1, 0.15) is 39.7 Å². The van der Waals surface area contributed by atoms with Crippen molar-refractivity contribution in [2.75, 3.05) is 58.3 Å². The average Bonchev–Trinajstić information content (AvgIpc) is 2.89. The molecule has 2 heterocycles. The zero-order chi connectivity index (χ0) is 28.2. The number of nitrogens with one attached hydrogen (secondary N) is 2. The number of nitrogens with zero attached hydrogens (tertiary/aromatic N) is 5. The highest BCUT2D eigenvalue weighted by Gasteiger charge is 2.17. The lowest BCUT2D eigenvalue weighted by atomic mass is 10.1. The Kier molecular flexibility index (Phi) is 11.9. The molecule has 38 heavy (non-hydrogen) atoms. The smallest absolute Gasteiger partial charge is 0.248 e. The standard InChI is InChI=1S/C28H42N8O2/c1-8-20(4)23(28(38)30-10-3)19-32-26(37)17-21(5)27(35(7)29)33-24(9-2)22-11-12-25(31-18-22)36-15-13-34(6)14-16-36/h11-12,17-18H,2,8,10,13-16,19,29H2,1,3-7H3,(H,30,38)(H,32,37). The summed E-state index contributed by atoms with van der Waals surface area (Å²) in [5, 5.41) is 6.93. The number of amides is 2. The first kappa shape index (κ1) is 30.5. The van der Waals surface area contributed by atoms with Gasteiger partial charge in [0.25, 0.3) is 0 Å². The number of anilines is 1. The molecule has 0 radical (unpaired) electrons. The fourth-order valence-corrected chi connectivity index (χ4v) is 3.90. The lowest BCUT2D eigenvalue weighted by Crippen LogP contribution is -2.44. The van der Waals surface area contributed by atoms with Gasteiger partial charge in [-0.3, -0.25) is 14.6 Å². The molecule has 1 aromatic heterocycles. The van der Waals surface area contributed by atoms with Crippen molar-refractivity contribution in [2.24, 2.45) is 10.8 Å². The van der Waals surface area contributed by atoms with Crippen molar-refractivity contribution in [3.05, 3.63) is 59.0 Å². The fraction of sp³-hybridized carbons (Fsp3) is 0.464. The van der Waals surface area contributed by atoms with Gasteiger partial charge in [0, 0.05) is 69.7 Å². The summed E-state index contributed by atoms with van der Waals surface area (Å²) in [6, 6.07) is 3.90. The molecule has 0 saturated carbocycles. The first-order chi connectivity index (χ1) is 18.1. The first-order valence-corrected chi connectivity index (χ1v) is 12.9. The summed E-state index contributed by atoms with van der Waals surface area (Å²) in [4.78, 5) is 38.9. The number of hydrogen-bond acceptors (Lipinski definition) is 7. The van der Waals surface area contributed by atoms with E-state index in [4.69, 9.17) is 5.84 Å². The van der Waals surface area contributed by atoms with Crippen LogP contribution in [0.3, 0.4) is 0 Å². The fourth-order valence-electron chi connectivity index (χ4n) is 3.90. The van der Waals surface area contributed by atoms with Crippen molar-refractivity contribution in [1.29, 1.82) is 0 Å². The molecule has 4 N–H and O–H groups in total. The summed E-state index contributed by atoms with van der Waals surface area (Å²) in [5.41, 5.74) is 6.08. The molecule has 1 fully saturated rings. The Morgan fingerprint density at radius 2 is 1.89 bits per heavy atom. The topological polar surface area (TPSA) is 119 Å². The van der Waals surface area contributed by atoms with Crippen molar-refractivity contribution in [2.45, 2.75) is 34.1 Å². The predicted octanol–water partition coefficient (Wildman–Crippen LogP) is 2.09. The highest BCUT2D eigenvalue weighted by atomic mass is 16.2. The maximum atomic E-state index is 12.7. The van der Waals surface area contributed by atoms with E-state index in [1.165, 1.54) is 11.1 Å². The van der Waals surface area contributed by atoms with Gasteiger partial charge in [-0.1, -0.05) is 19.1 Å². The van der Waals surface area contributed by atoms with Crippen LogP contribution in [-0.4, -0.2) is 85.9 Å². The second kappa shape index (κ2) is 14.9. The number of rotatable bonds is 10. The number of carbonyl (C=O) groups is 2. The van der Waals surface area contributed by atoms with E-state index in [1.54, 1.807) is 20.2 Å². The van der Waals surface area contributed by atoms with Gasteiger partial charge in [0.15, 0.2) is 0 Å². The van der Waals surface area contributed by atoms with E-state index in [1.807, 2.05) is 32.9 Å². The number of hydrogen-bond donors (Lipinski definition) is 3. The van der Waals surface area contributed by atoms with E-state index in [0.29, 0.717) is 35.6 Å². The van der Waals surface area contributed by atoms with Crippen molar-refractivity contribution in [1.82, 2.24) is 25.5 Å². The number of allylic oxidation sites excluding steroid dienone is 1. The Morgan fingerprint density at radius 3 is 2.42 bits per heavy atom. The van der Waals surface area contributed by atoms with Crippen LogP contribution in [0.25, 0.3) is 5.70 Å². The third kappa shape index (κ3) is 8.69. The molecule has 2 amide bonds. The van der Waals surface area contributed by atoms with E-state index in [2.05, 4.69) is 49.8 Å². The maximum Gasteiger partial charge on any atom is 0.248 e. The number of nitrogens with two attached hydrogens (primary N) is 1. The van der Waals surface area contributed by atoms with E-state index in [-0.39, 0.29) is 18.4 Å². The lowest BCUT2D eigenvalue weighted by Gasteiger charge is -2.33. The maximum absolute atomic E-state index is 12.7. The molecule has 206 valence electrons. The van der Waals surface area contributed by atoms with Gasteiger partial charge in [-0.25, -0.2) is 15.8 Å². The van der Waals surface area contributed by atoms with Crippen molar-refractivity contribution in [3.63, 3.8) is 0 Å². The summed E-state index contributed by atoms with van der Waals surface area (Å²) < 4.78 is 0. The summed E-state index contributed by atoms with van der Waals surface area (Å²) in [6.45, 7) is 15.7. The molecule has 0 aromatic carbocycles. The Morgan fingerprint density at radius 1 is 1.21 bits per heavy atom. The number of pyridine rings is 1. The Bertz CT molecular complexity index is 1120. The Hall–Kier alpha value is -3.72. The largest absolute Gasteiger partial charge is 0.354 e. The van der Waals surface area contributed by atoms with Gasteiger partial charge in [-0.15, -0.1) is 5.73 Å². The second-order valence-corrected chi connectivity index (χ2v) is 9.28. The van der Waals surface area contributed by atoms with Gasteiger partial charge in [0.2, 0.25) is 11.8 Å². The molecule has 2 rings (SSSR count). The Labute approximate surface area is 226 Å². The van der Waals surface area contributed by atoms with Crippen molar-refractivity contribution in [3.8, 4) is 0 Å². The number of amidine groups is 1. The molecule has 0 aliphatic carbocycles. The molecule has 0 unspecified atom stereocenters. The molecule has 1 aromatic rings. The number of aromatic nitrogens is 1. The number of carbonyl (C=O) groups excluding carboxylic acids is 2. The molecule has 1 aliphatic heterocycles. The third-order valence-electron chi connectivity index (χ3n) is 6.36. The van der Waals surface area contributed by atoms with Gasteiger partial charge in [-0.05, 0) is 51.9 Å². The van der Waals surface area contributed by atoms with Crippen LogP contribution in [0.2, 0.25) is 0 Å². The van der Waals surface area contributed by atoms with Crippen LogP contribution in [0.4, 0.5) is 5.82 Å². The molecular formula is C28H42N8O2. The molecular weight excluding hydrogens is 480 g/mol. The van der Waals surface area contributed by atoms with Gasteiger partial charge < -0.3 is 20.4 Å². The zero-order valence-corrected chi connectivity index (χ0v) is 23.6. The van der Waals surface area contributed by atoms with Crippen LogP contribution in [0.5, 0.6) is 0 Å². The molecule has 0 spiro atoms. The third-order valence-corrected chi connectivity index (χ3v) is 6.36. The summed E-state index contributed by atoms with van der Waals surface area (Å²) >= 11 is 0. The number of piperazine rings is 1.